The summed E-state index contributed by atoms with van der Waals surface area (Å²) in [6.07, 6.45) is 3.08. The molecule has 1 aromatic rings. The number of carbonyl (C=O) groups is 3. The van der Waals surface area contributed by atoms with Crippen molar-refractivity contribution in [2.75, 3.05) is 33.7 Å². The third kappa shape index (κ3) is 5.53. The van der Waals surface area contributed by atoms with Gasteiger partial charge in [0.1, 0.15) is 0 Å². The smallest absolute Gasteiger partial charge is 0.251 e. The van der Waals surface area contributed by atoms with E-state index in [4.69, 9.17) is 0 Å². The van der Waals surface area contributed by atoms with Gasteiger partial charge in [0.25, 0.3) is 5.91 Å². The lowest BCUT2D eigenvalue weighted by Crippen LogP contribution is -2.40. The molecule has 3 amide bonds. The highest BCUT2D eigenvalue weighted by molar-refractivity contribution is 5.95. The van der Waals surface area contributed by atoms with Crippen LogP contribution in [0.15, 0.2) is 30.3 Å². The molecule has 0 atom stereocenters. The number of benzene rings is 1. The van der Waals surface area contributed by atoms with Crippen LogP contribution in [-0.4, -0.2) is 61.3 Å². The molecule has 6 nitrogen and oxygen atoms in total. The van der Waals surface area contributed by atoms with Gasteiger partial charge in [-0.05, 0) is 37.6 Å². The number of nitrogens with zero attached hydrogens (tertiary/aromatic N) is 2. The van der Waals surface area contributed by atoms with Crippen molar-refractivity contribution < 1.29 is 14.4 Å². The first-order chi connectivity index (χ1) is 11.4. The molecule has 0 heterocycles. The lowest BCUT2D eigenvalue weighted by Gasteiger charge is -2.22. The fourth-order valence-corrected chi connectivity index (χ4v) is 2.14. The van der Waals surface area contributed by atoms with E-state index in [9.17, 15) is 14.4 Å². The van der Waals surface area contributed by atoms with E-state index in [2.05, 4.69) is 5.32 Å². The van der Waals surface area contributed by atoms with E-state index in [1.54, 1.807) is 49.3 Å². The average molecular weight is 331 g/mol. The van der Waals surface area contributed by atoms with Crippen LogP contribution in [0, 0.1) is 0 Å². The van der Waals surface area contributed by atoms with Crippen molar-refractivity contribution in [2.24, 2.45) is 0 Å². The van der Waals surface area contributed by atoms with Crippen LogP contribution in [0.1, 0.15) is 29.8 Å². The molecule has 0 aliphatic heterocycles. The Bertz CT molecular complexity index is 604. The molecule has 0 saturated heterocycles. The van der Waals surface area contributed by atoms with Gasteiger partial charge in [-0.15, -0.1) is 0 Å². The third-order valence-corrected chi connectivity index (χ3v) is 3.68. The molecule has 0 aliphatic rings. The molecule has 0 aliphatic carbocycles. The van der Waals surface area contributed by atoms with Gasteiger partial charge >= 0.3 is 0 Å². The van der Waals surface area contributed by atoms with Crippen molar-refractivity contribution in [2.45, 2.75) is 13.8 Å². The molecule has 0 bridgehead atoms. The first-order valence-corrected chi connectivity index (χ1v) is 7.96. The minimum Gasteiger partial charge on any atom is -0.355 e. The predicted molar refractivity (Wildman–Crippen MR) is 94.4 cm³/mol. The van der Waals surface area contributed by atoms with Crippen LogP contribution in [0.2, 0.25) is 0 Å². The molecular weight excluding hydrogens is 306 g/mol. The first-order valence-electron chi connectivity index (χ1n) is 7.96. The van der Waals surface area contributed by atoms with Gasteiger partial charge in [0.05, 0.1) is 6.54 Å². The van der Waals surface area contributed by atoms with E-state index in [1.165, 1.54) is 11.0 Å². The first kappa shape index (κ1) is 19.4. The minimum atomic E-state index is -0.245. The topological polar surface area (TPSA) is 69.7 Å². The summed E-state index contributed by atoms with van der Waals surface area (Å²) in [4.78, 5) is 38.6. The van der Waals surface area contributed by atoms with E-state index in [0.717, 1.165) is 5.56 Å². The molecule has 6 heteroatoms. The third-order valence-electron chi connectivity index (χ3n) is 3.68. The number of nitrogens with one attached hydrogen (secondary N) is 1. The van der Waals surface area contributed by atoms with Crippen LogP contribution in [-0.2, 0) is 9.59 Å². The van der Waals surface area contributed by atoms with Gasteiger partial charge in [-0.1, -0.05) is 12.1 Å². The Morgan fingerprint density at radius 2 is 1.67 bits per heavy atom. The van der Waals surface area contributed by atoms with E-state index >= 15 is 0 Å². The quantitative estimate of drug-likeness (QED) is 0.768. The summed E-state index contributed by atoms with van der Waals surface area (Å²) in [5.41, 5.74) is 1.36. The summed E-state index contributed by atoms with van der Waals surface area (Å²) < 4.78 is 0. The Kier molecular flexibility index (Phi) is 7.68. The fourth-order valence-electron chi connectivity index (χ4n) is 2.14. The molecule has 0 radical (unpaired) electrons. The van der Waals surface area contributed by atoms with Gasteiger partial charge in [0.15, 0.2) is 0 Å². The second-order valence-electron chi connectivity index (χ2n) is 5.29. The molecule has 0 fully saturated rings. The number of rotatable bonds is 7. The SMILES string of the molecule is CCN(CC)C(=O)CN(C)C(=O)/C=C/c1ccc(C(=O)NC)cc1. The Morgan fingerprint density at radius 1 is 1.08 bits per heavy atom. The highest BCUT2D eigenvalue weighted by Gasteiger charge is 2.14. The molecule has 24 heavy (non-hydrogen) atoms. The molecule has 130 valence electrons. The second-order valence-corrected chi connectivity index (χ2v) is 5.29. The summed E-state index contributed by atoms with van der Waals surface area (Å²) in [7, 11) is 3.17. The van der Waals surface area contributed by atoms with Crippen molar-refractivity contribution in [3.05, 3.63) is 41.5 Å². The van der Waals surface area contributed by atoms with Crippen molar-refractivity contribution in [3.8, 4) is 0 Å². The summed E-state index contributed by atoms with van der Waals surface area (Å²) >= 11 is 0. The maximum atomic E-state index is 12.1. The second kappa shape index (κ2) is 9.50. The number of hydrogen-bond acceptors (Lipinski definition) is 3. The van der Waals surface area contributed by atoms with Gasteiger partial charge in [-0.3, -0.25) is 14.4 Å². The molecule has 0 spiro atoms. The number of hydrogen-bond donors (Lipinski definition) is 1. The zero-order valence-corrected chi connectivity index (χ0v) is 14.7. The Labute approximate surface area is 143 Å². The molecule has 1 rings (SSSR count). The summed E-state index contributed by atoms with van der Waals surface area (Å²) in [6.45, 7) is 5.13. The molecular formula is C18H25N3O3. The van der Waals surface area contributed by atoms with Gasteiger partial charge in [0.2, 0.25) is 11.8 Å². The van der Waals surface area contributed by atoms with Crippen LogP contribution >= 0.6 is 0 Å². The molecule has 1 aromatic carbocycles. The standard InChI is InChI=1S/C18H25N3O3/c1-5-21(6-2)17(23)13-20(4)16(22)12-9-14-7-10-15(11-8-14)18(24)19-3/h7-12H,5-6,13H2,1-4H3,(H,19,24)/b12-9+. The van der Waals surface area contributed by atoms with Crippen molar-refractivity contribution in [1.82, 2.24) is 15.1 Å². The van der Waals surface area contributed by atoms with E-state index < -0.39 is 0 Å². The summed E-state index contributed by atoms with van der Waals surface area (Å²) in [6, 6.07) is 6.90. The number of carbonyl (C=O) groups excluding carboxylic acids is 3. The van der Waals surface area contributed by atoms with Crippen LogP contribution in [0.3, 0.4) is 0 Å². The zero-order chi connectivity index (χ0) is 18.1. The summed E-state index contributed by atoms with van der Waals surface area (Å²) in [5.74, 6) is -0.471. The monoisotopic (exact) mass is 331 g/mol. The van der Waals surface area contributed by atoms with Crippen LogP contribution < -0.4 is 5.32 Å². The highest BCUT2D eigenvalue weighted by atomic mass is 16.2. The van der Waals surface area contributed by atoms with Gasteiger partial charge in [-0.2, -0.15) is 0 Å². The Morgan fingerprint density at radius 3 is 2.17 bits per heavy atom. The van der Waals surface area contributed by atoms with Gasteiger partial charge in [-0.25, -0.2) is 0 Å². The van der Waals surface area contributed by atoms with Crippen molar-refractivity contribution in [3.63, 3.8) is 0 Å². The Hall–Kier alpha value is -2.63. The molecule has 0 saturated carbocycles. The number of likely N-dealkylation sites (N-methyl/N-ethyl adjacent to an activating group) is 2. The van der Waals surface area contributed by atoms with Gasteiger partial charge in [0, 0.05) is 38.8 Å². The minimum absolute atomic E-state index is 0.0560. The normalized spacial score (nSPS) is 10.5. The van der Waals surface area contributed by atoms with Crippen molar-refractivity contribution in [1.29, 1.82) is 0 Å². The van der Waals surface area contributed by atoms with Crippen LogP contribution in [0.4, 0.5) is 0 Å². The summed E-state index contributed by atoms with van der Waals surface area (Å²) in [5, 5.41) is 2.55. The molecule has 0 aromatic heterocycles. The van der Waals surface area contributed by atoms with E-state index in [0.29, 0.717) is 18.7 Å². The van der Waals surface area contributed by atoms with Crippen molar-refractivity contribution >= 4 is 23.8 Å². The van der Waals surface area contributed by atoms with E-state index in [1.807, 2.05) is 13.8 Å². The van der Waals surface area contributed by atoms with Crippen LogP contribution in [0.25, 0.3) is 6.08 Å². The lowest BCUT2D eigenvalue weighted by atomic mass is 10.1. The predicted octanol–water partition coefficient (Wildman–Crippen LogP) is 1.39. The maximum Gasteiger partial charge on any atom is 0.251 e. The largest absolute Gasteiger partial charge is 0.355 e. The molecule has 0 unspecified atom stereocenters. The maximum absolute atomic E-state index is 12.1. The average Bonchev–Trinajstić information content (AvgIpc) is 2.60. The highest BCUT2D eigenvalue weighted by Crippen LogP contribution is 2.06. The number of amides is 3. The Balaban J connectivity index is 2.64. The van der Waals surface area contributed by atoms with Crippen LogP contribution in [0.5, 0.6) is 0 Å². The lowest BCUT2D eigenvalue weighted by molar-refractivity contribution is -0.136. The zero-order valence-electron chi connectivity index (χ0n) is 14.7. The van der Waals surface area contributed by atoms with Gasteiger partial charge < -0.3 is 15.1 Å². The van der Waals surface area contributed by atoms with E-state index in [-0.39, 0.29) is 24.3 Å². The molecule has 1 N–H and O–H groups in total. The fraction of sp³-hybridized carbons (Fsp3) is 0.389.